The molecule has 0 aromatic carbocycles. The fourth-order valence-electron chi connectivity index (χ4n) is 3.63. The summed E-state index contributed by atoms with van der Waals surface area (Å²) in [4.78, 5) is 14.8. The van der Waals surface area contributed by atoms with E-state index >= 15 is 0 Å². The second-order valence-electron chi connectivity index (χ2n) is 7.37. The second kappa shape index (κ2) is 5.32. The topological polar surface area (TPSA) is 20.3 Å². The minimum Gasteiger partial charge on any atom is -0.303 e. The molecule has 2 fully saturated rings. The summed E-state index contributed by atoms with van der Waals surface area (Å²) < 4.78 is 0. The van der Waals surface area contributed by atoms with E-state index in [0.717, 1.165) is 31.2 Å². The first-order valence-electron chi connectivity index (χ1n) is 7.67. The molecule has 1 aliphatic heterocycles. The lowest BCUT2D eigenvalue weighted by Crippen LogP contribution is -2.40. The Balaban J connectivity index is 1.81. The lowest BCUT2D eigenvalue weighted by Gasteiger charge is -2.35. The summed E-state index contributed by atoms with van der Waals surface area (Å²) in [6.45, 7) is 12.3. The number of likely N-dealkylation sites (tertiary alicyclic amines) is 1. The predicted octanol–water partition coefficient (Wildman–Crippen LogP) is 3.36. The second-order valence-corrected chi connectivity index (χ2v) is 7.37. The number of piperidine rings is 1. The van der Waals surface area contributed by atoms with Crippen LogP contribution in [0.4, 0.5) is 0 Å². The van der Waals surface area contributed by atoms with Crippen molar-refractivity contribution in [3.05, 3.63) is 0 Å². The van der Waals surface area contributed by atoms with Gasteiger partial charge in [-0.1, -0.05) is 27.7 Å². The van der Waals surface area contributed by atoms with Crippen molar-refractivity contribution in [2.24, 2.45) is 23.2 Å². The molecule has 1 saturated carbocycles. The summed E-state index contributed by atoms with van der Waals surface area (Å²) in [5, 5.41) is 0. The van der Waals surface area contributed by atoms with Gasteiger partial charge in [0.05, 0.1) is 0 Å². The molecule has 2 rings (SSSR count). The summed E-state index contributed by atoms with van der Waals surface area (Å²) in [7, 11) is 0. The van der Waals surface area contributed by atoms with Crippen LogP contribution in [0.5, 0.6) is 0 Å². The van der Waals surface area contributed by atoms with Gasteiger partial charge in [0.2, 0.25) is 0 Å². The molecule has 0 N–H and O–H groups in total. The zero-order valence-electron chi connectivity index (χ0n) is 12.5. The summed E-state index contributed by atoms with van der Waals surface area (Å²) in [6.07, 6.45) is 4.83. The summed E-state index contributed by atoms with van der Waals surface area (Å²) in [6, 6.07) is 0. The molecule has 2 heteroatoms. The van der Waals surface area contributed by atoms with E-state index < -0.39 is 0 Å². The van der Waals surface area contributed by atoms with Crippen LogP contribution >= 0.6 is 0 Å². The molecule has 2 aliphatic rings. The quantitative estimate of drug-likeness (QED) is 0.766. The van der Waals surface area contributed by atoms with E-state index in [0.29, 0.717) is 11.7 Å². The first kappa shape index (κ1) is 14.0. The number of nitrogens with zero attached hydrogens (tertiary/aromatic N) is 1. The third-order valence-corrected chi connectivity index (χ3v) is 5.21. The molecule has 0 bridgehead atoms. The third kappa shape index (κ3) is 2.96. The maximum atomic E-state index is 12.2. The Morgan fingerprint density at radius 3 is 2.28 bits per heavy atom. The van der Waals surface area contributed by atoms with Crippen LogP contribution in [-0.2, 0) is 4.79 Å². The number of rotatable bonds is 3. The Hall–Kier alpha value is -0.370. The van der Waals surface area contributed by atoms with E-state index in [1.165, 1.54) is 25.9 Å². The summed E-state index contributed by atoms with van der Waals surface area (Å²) >= 11 is 0. The van der Waals surface area contributed by atoms with Gasteiger partial charge in [0.25, 0.3) is 0 Å². The molecule has 1 heterocycles. The van der Waals surface area contributed by atoms with E-state index in [4.69, 9.17) is 0 Å². The van der Waals surface area contributed by atoms with Gasteiger partial charge in [0.1, 0.15) is 5.78 Å². The smallest absolute Gasteiger partial charge is 0.142 e. The molecule has 1 aliphatic carbocycles. The summed E-state index contributed by atoms with van der Waals surface area (Å²) in [5.41, 5.74) is -0.0546. The van der Waals surface area contributed by atoms with Gasteiger partial charge < -0.3 is 4.90 Å². The lowest BCUT2D eigenvalue weighted by molar-refractivity contribution is -0.128. The van der Waals surface area contributed by atoms with Crippen LogP contribution in [-0.4, -0.2) is 30.3 Å². The predicted molar refractivity (Wildman–Crippen MR) is 75.5 cm³/mol. The first-order valence-corrected chi connectivity index (χ1v) is 7.67. The van der Waals surface area contributed by atoms with Gasteiger partial charge in [-0.15, -0.1) is 0 Å². The van der Waals surface area contributed by atoms with Crippen molar-refractivity contribution in [1.82, 2.24) is 4.90 Å². The van der Waals surface area contributed by atoms with E-state index in [9.17, 15) is 4.79 Å². The number of Topliss-reactive ketones (excluding diaryl/α,β-unsaturated/α-hetero) is 1. The van der Waals surface area contributed by atoms with Crippen molar-refractivity contribution < 1.29 is 4.79 Å². The minimum atomic E-state index is -0.0546. The Kier molecular flexibility index (Phi) is 4.15. The van der Waals surface area contributed by atoms with Gasteiger partial charge in [0, 0.05) is 17.9 Å². The highest BCUT2D eigenvalue weighted by Crippen LogP contribution is 2.38. The van der Waals surface area contributed by atoms with Gasteiger partial charge in [-0.05, 0) is 50.6 Å². The van der Waals surface area contributed by atoms with Crippen molar-refractivity contribution in [2.75, 3.05) is 19.6 Å². The largest absolute Gasteiger partial charge is 0.303 e. The Labute approximate surface area is 112 Å². The molecule has 2 nitrogen and oxygen atoms in total. The standard InChI is InChI=1S/C16H29NO/c1-12(2)13-6-9-17(10-7-13)11-14-5-8-16(3,4)15(14)18/h12-14H,5-11H2,1-4H3. The van der Waals surface area contributed by atoms with Crippen LogP contribution < -0.4 is 0 Å². The van der Waals surface area contributed by atoms with Crippen LogP contribution in [0, 0.1) is 23.2 Å². The highest BCUT2D eigenvalue weighted by Gasteiger charge is 2.41. The van der Waals surface area contributed by atoms with E-state index in [-0.39, 0.29) is 5.41 Å². The van der Waals surface area contributed by atoms with Gasteiger partial charge in [0.15, 0.2) is 0 Å². The SMILES string of the molecule is CC(C)C1CCN(CC2CCC(C)(C)C2=O)CC1. The average molecular weight is 251 g/mol. The van der Waals surface area contributed by atoms with Crippen molar-refractivity contribution in [2.45, 2.75) is 53.4 Å². The van der Waals surface area contributed by atoms with Gasteiger partial charge in [-0.3, -0.25) is 4.79 Å². The van der Waals surface area contributed by atoms with Crippen molar-refractivity contribution >= 4 is 5.78 Å². The number of ketones is 1. The van der Waals surface area contributed by atoms with Crippen molar-refractivity contribution in [3.63, 3.8) is 0 Å². The zero-order chi connectivity index (χ0) is 13.3. The van der Waals surface area contributed by atoms with Crippen LogP contribution in [0.15, 0.2) is 0 Å². The molecule has 1 saturated heterocycles. The van der Waals surface area contributed by atoms with Crippen molar-refractivity contribution in [3.8, 4) is 0 Å². The van der Waals surface area contributed by atoms with Crippen LogP contribution in [0.3, 0.4) is 0 Å². The highest BCUT2D eigenvalue weighted by molar-refractivity contribution is 5.88. The molecule has 1 atom stereocenters. The number of carbonyl (C=O) groups excluding carboxylic acids is 1. The van der Waals surface area contributed by atoms with E-state index in [2.05, 4.69) is 32.6 Å². The van der Waals surface area contributed by atoms with Crippen molar-refractivity contribution in [1.29, 1.82) is 0 Å². The monoisotopic (exact) mass is 251 g/mol. The normalized spacial score (nSPS) is 30.3. The first-order chi connectivity index (χ1) is 8.40. The third-order valence-electron chi connectivity index (χ3n) is 5.21. The Morgan fingerprint density at radius 2 is 1.83 bits per heavy atom. The van der Waals surface area contributed by atoms with Gasteiger partial charge >= 0.3 is 0 Å². The van der Waals surface area contributed by atoms with Crippen LogP contribution in [0.1, 0.15) is 53.4 Å². The Bertz CT molecular complexity index is 300. The maximum Gasteiger partial charge on any atom is 0.142 e. The highest BCUT2D eigenvalue weighted by atomic mass is 16.1. The van der Waals surface area contributed by atoms with Gasteiger partial charge in [-0.25, -0.2) is 0 Å². The Morgan fingerprint density at radius 1 is 1.22 bits per heavy atom. The number of hydrogen-bond donors (Lipinski definition) is 0. The fraction of sp³-hybridized carbons (Fsp3) is 0.938. The van der Waals surface area contributed by atoms with E-state index in [1.54, 1.807) is 0 Å². The minimum absolute atomic E-state index is 0.0546. The molecule has 104 valence electrons. The summed E-state index contributed by atoms with van der Waals surface area (Å²) in [5.74, 6) is 2.54. The molecule has 0 aromatic rings. The van der Waals surface area contributed by atoms with E-state index in [1.807, 2.05) is 0 Å². The molecule has 0 aromatic heterocycles. The molecule has 0 spiro atoms. The van der Waals surface area contributed by atoms with Crippen LogP contribution in [0.25, 0.3) is 0 Å². The molecule has 0 radical (unpaired) electrons. The van der Waals surface area contributed by atoms with Gasteiger partial charge in [-0.2, -0.15) is 0 Å². The molecule has 1 unspecified atom stereocenters. The molecular weight excluding hydrogens is 222 g/mol. The lowest BCUT2D eigenvalue weighted by atomic mass is 9.86. The molecule has 0 amide bonds. The molecule has 18 heavy (non-hydrogen) atoms. The molecular formula is C16H29NO. The van der Waals surface area contributed by atoms with Crippen LogP contribution in [0.2, 0.25) is 0 Å². The number of carbonyl (C=O) groups is 1. The zero-order valence-corrected chi connectivity index (χ0v) is 12.5. The number of hydrogen-bond acceptors (Lipinski definition) is 2. The maximum absolute atomic E-state index is 12.2. The fourth-order valence-corrected chi connectivity index (χ4v) is 3.63. The average Bonchev–Trinajstić information content (AvgIpc) is 2.57.